The number of nitrogens with zero attached hydrogens (tertiary/aromatic N) is 2. The Morgan fingerprint density at radius 3 is 2.21 bits per heavy atom. The normalized spacial score (nSPS) is 16.4. The van der Waals surface area contributed by atoms with E-state index in [9.17, 15) is 28.0 Å². The molecule has 1 atom stereocenters. The first kappa shape index (κ1) is 23.4. The molecule has 1 unspecified atom stereocenters. The van der Waals surface area contributed by atoms with E-state index >= 15 is 0 Å². The number of anilines is 1. The summed E-state index contributed by atoms with van der Waals surface area (Å²) in [4.78, 5) is 26.7. The number of ether oxygens (including phenoxy) is 2. The van der Waals surface area contributed by atoms with Crippen molar-refractivity contribution in [2.75, 3.05) is 19.1 Å². The van der Waals surface area contributed by atoms with Gasteiger partial charge in [-0.25, -0.2) is 9.59 Å². The second kappa shape index (κ2) is 9.08. The zero-order valence-corrected chi connectivity index (χ0v) is 17.5. The van der Waals surface area contributed by atoms with Crippen LogP contribution >= 0.6 is 0 Å². The minimum atomic E-state index is -4.69. The van der Waals surface area contributed by atoms with Crippen molar-refractivity contribution in [3.63, 3.8) is 0 Å². The number of methoxy groups -OCH3 is 2. The molecule has 0 radical (unpaired) electrons. The number of carbonyl (C=O) groups is 2. The van der Waals surface area contributed by atoms with E-state index in [-0.39, 0.29) is 22.7 Å². The number of nitriles is 1. The van der Waals surface area contributed by atoms with Crippen LogP contribution in [0.4, 0.5) is 18.9 Å². The Labute approximate surface area is 187 Å². The van der Waals surface area contributed by atoms with Crippen molar-refractivity contribution in [2.24, 2.45) is 5.73 Å². The van der Waals surface area contributed by atoms with Crippen LogP contribution in [-0.4, -0.2) is 26.2 Å². The molecule has 0 aromatic heterocycles. The molecular weight excluding hydrogens is 439 g/mol. The predicted octanol–water partition coefficient (Wildman–Crippen LogP) is 3.60. The molecule has 170 valence electrons. The molecule has 7 nitrogen and oxygen atoms in total. The number of hydrogen-bond acceptors (Lipinski definition) is 7. The van der Waals surface area contributed by atoms with Gasteiger partial charge in [0.1, 0.15) is 11.5 Å². The van der Waals surface area contributed by atoms with Crippen LogP contribution < -0.4 is 10.6 Å². The standard InChI is InChI=1S/C23H18F3N3O4/c1-32-21(30)18-17(13-7-4-3-5-8-13)16(12-27)20(28)29(19(18)22(31)33-2)15-10-6-9-14(11-15)23(24,25)26/h3-11,17H,28H2,1-2H3. The van der Waals surface area contributed by atoms with Gasteiger partial charge >= 0.3 is 18.1 Å². The summed E-state index contributed by atoms with van der Waals surface area (Å²) in [7, 11) is 2.13. The highest BCUT2D eigenvalue weighted by Gasteiger charge is 2.43. The van der Waals surface area contributed by atoms with Crippen LogP contribution in [0.2, 0.25) is 0 Å². The Hall–Kier alpha value is -4.26. The first-order chi connectivity index (χ1) is 15.6. The van der Waals surface area contributed by atoms with Crippen LogP contribution in [0.1, 0.15) is 17.0 Å². The van der Waals surface area contributed by atoms with E-state index in [1.165, 1.54) is 6.07 Å². The molecule has 1 aliphatic heterocycles. The fourth-order valence-electron chi connectivity index (χ4n) is 3.60. The fraction of sp³-hybridized carbons (Fsp3) is 0.174. The minimum absolute atomic E-state index is 0.147. The molecule has 0 bridgehead atoms. The molecule has 0 saturated carbocycles. The van der Waals surface area contributed by atoms with Crippen molar-refractivity contribution in [3.05, 3.63) is 88.4 Å². The van der Waals surface area contributed by atoms with Crippen LogP contribution in [0.5, 0.6) is 0 Å². The second-order valence-corrected chi connectivity index (χ2v) is 6.88. The molecule has 2 aromatic rings. The number of carbonyl (C=O) groups excluding carboxylic acids is 2. The first-order valence-electron chi connectivity index (χ1n) is 9.48. The van der Waals surface area contributed by atoms with Gasteiger partial charge in [-0.15, -0.1) is 0 Å². The van der Waals surface area contributed by atoms with E-state index in [0.717, 1.165) is 37.3 Å². The van der Waals surface area contributed by atoms with Crippen molar-refractivity contribution >= 4 is 17.6 Å². The number of benzene rings is 2. The Morgan fingerprint density at radius 2 is 1.67 bits per heavy atom. The van der Waals surface area contributed by atoms with Gasteiger partial charge < -0.3 is 15.2 Å². The molecule has 10 heteroatoms. The SMILES string of the molecule is COC(=O)C1=C(C(=O)OC)N(c2cccc(C(F)(F)F)c2)C(N)=C(C#N)C1c1ccccc1. The lowest BCUT2D eigenvalue weighted by molar-refractivity contribution is -0.139. The third-order valence-electron chi connectivity index (χ3n) is 5.04. The maximum absolute atomic E-state index is 13.3. The number of rotatable bonds is 4. The summed E-state index contributed by atoms with van der Waals surface area (Å²) in [5, 5.41) is 9.91. The first-order valence-corrected chi connectivity index (χ1v) is 9.48. The van der Waals surface area contributed by atoms with Crippen molar-refractivity contribution in [1.82, 2.24) is 0 Å². The van der Waals surface area contributed by atoms with Gasteiger partial charge in [-0.2, -0.15) is 18.4 Å². The van der Waals surface area contributed by atoms with Gasteiger partial charge in [0.25, 0.3) is 0 Å². The minimum Gasteiger partial charge on any atom is -0.466 e. The smallest absolute Gasteiger partial charge is 0.416 e. The number of esters is 2. The molecule has 2 aromatic carbocycles. The molecule has 0 fully saturated rings. The summed E-state index contributed by atoms with van der Waals surface area (Å²) < 4.78 is 49.8. The molecule has 2 N–H and O–H groups in total. The van der Waals surface area contributed by atoms with Crippen LogP contribution in [0.3, 0.4) is 0 Å². The number of alkyl halides is 3. The Kier molecular flexibility index (Phi) is 6.44. The van der Waals surface area contributed by atoms with E-state index < -0.39 is 35.3 Å². The van der Waals surface area contributed by atoms with E-state index in [2.05, 4.69) is 0 Å². The Bertz CT molecular complexity index is 1200. The predicted molar refractivity (Wildman–Crippen MR) is 111 cm³/mol. The third-order valence-corrected chi connectivity index (χ3v) is 5.04. The highest BCUT2D eigenvalue weighted by molar-refractivity contribution is 6.06. The highest BCUT2D eigenvalue weighted by atomic mass is 19.4. The number of nitrogens with two attached hydrogens (primary N) is 1. The van der Waals surface area contributed by atoms with Crippen molar-refractivity contribution in [2.45, 2.75) is 12.1 Å². The van der Waals surface area contributed by atoms with Gasteiger partial charge in [0.15, 0.2) is 0 Å². The van der Waals surface area contributed by atoms with Crippen LogP contribution in [0.25, 0.3) is 0 Å². The summed E-state index contributed by atoms with van der Waals surface area (Å²) >= 11 is 0. The molecular formula is C23H18F3N3O4. The van der Waals surface area contributed by atoms with E-state index in [0.29, 0.717) is 5.56 Å². The summed E-state index contributed by atoms with van der Waals surface area (Å²) in [5.41, 5.74) is 4.60. The molecule has 0 aliphatic carbocycles. The number of halogens is 3. The Morgan fingerprint density at radius 1 is 1.03 bits per heavy atom. The maximum Gasteiger partial charge on any atom is 0.416 e. The van der Waals surface area contributed by atoms with Crippen LogP contribution in [0.15, 0.2) is 77.3 Å². The van der Waals surface area contributed by atoms with E-state index in [1.807, 2.05) is 6.07 Å². The van der Waals surface area contributed by atoms with Gasteiger partial charge in [-0.1, -0.05) is 36.4 Å². The lowest BCUT2D eigenvalue weighted by Gasteiger charge is -2.36. The van der Waals surface area contributed by atoms with Gasteiger partial charge in [0.2, 0.25) is 0 Å². The lowest BCUT2D eigenvalue weighted by Crippen LogP contribution is -2.40. The monoisotopic (exact) mass is 457 g/mol. The van der Waals surface area contributed by atoms with Crippen molar-refractivity contribution in [3.8, 4) is 6.07 Å². The van der Waals surface area contributed by atoms with Gasteiger partial charge in [0, 0.05) is 5.69 Å². The van der Waals surface area contributed by atoms with Crippen LogP contribution in [0, 0.1) is 11.3 Å². The summed E-state index contributed by atoms with van der Waals surface area (Å²) in [5.74, 6) is -3.45. The molecule has 1 heterocycles. The van der Waals surface area contributed by atoms with Gasteiger partial charge in [-0.3, -0.25) is 4.90 Å². The molecule has 1 aliphatic rings. The van der Waals surface area contributed by atoms with E-state index in [1.54, 1.807) is 30.3 Å². The summed E-state index contributed by atoms with van der Waals surface area (Å²) in [6.07, 6.45) is -4.69. The van der Waals surface area contributed by atoms with E-state index in [4.69, 9.17) is 15.2 Å². The largest absolute Gasteiger partial charge is 0.466 e. The molecule has 3 rings (SSSR count). The topological polar surface area (TPSA) is 106 Å². The zero-order valence-electron chi connectivity index (χ0n) is 17.5. The average Bonchev–Trinajstić information content (AvgIpc) is 2.82. The number of allylic oxidation sites excluding steroid dienone is 1. The number of hydrogen-bond donors (Lipinski definition) is 1. The molecule has 0 amide bonds. The molecule has 33 heavy (non-hydrogen) atoms. The zero-order chi connectivity index (χ0) is 24.3. The highest BCUT2D eigenvalue weighted by Crippen LogP contribution is 2.43. The quantitative estimate of drug-likeness (QED) is 0.700. The third kappa shape index (κ3) is 4.25. The fourth-order valence-corrected chi connectivity index (χ4v) is 3.60. The second-order valence-electron chi connectivity index (χ2n) is 6.88. The molecule has 0 saturated heterocycles. The summed E-state index contributed by atoms with van der Waals surface area (Å²) in [6, 6.07) is 14.2. The summed E-state index contributed by atoms with van der Waals surface area (Å²) in [6.45, 7) is 0. The maximum atomic E-state index is 13.3. The molecule has 0 spiro atoms. The van der Waals surface area contributed by atoms with Crippen LogP contribution in [-0.2, 0) is 25.2 Å². The van der Waals surface area contributed by atoms with Crippen molar-refractivity contribution < 1.29 is 32.2 Å². The average molecular weight is 457 g/mol. The Balaban J connectivity index is 2.41. The van der Waals surface area contributed by atoms with Crippen molar-refractivity contribution in [1.29, 1.82) is 5.26 Å². The lowest BCUT2D eigenvalue weighted by atomic mass is 9.81. The van der Waals surface area contributed by atoms with Gasteiger partial charge in [0.05, 0.1) is 42.9 Å². The van der Waals surface area contributed by atoms with Gasteiger partial charge in [-0.05, 0) is 23.8 Å².